The first-order valence-electron chi connectivity index (χ1n) is 3.80. The largest absolute Gasteiger partial charge is 0.295 e. The minimum Gasteiger partial charge on any atom is -0.295 e. The first kappa shape index (κ1) is 8.64. The number of hydrogen-bond acceptors (Lipinski definition) is 3. The van der Waals surface area contributed by atoms with Crippen LogP contribution in [0.3, 0.4) is 0 Å². The Hall–Kier alpha value is -1.45. The van der Waals surface area contributed by atoms with Gasteiger partial charge in [0.15, 0.2) is 11.6 Å². The van der Waals surface area contributed by atoms with Gasteiger partial charge < -0.3 is 0 Å². The lowest BCUT2D eigenvalue weighted by Gasteiger charge is -1.95. The second-order valence-electron chi connectivity index (χ2n) is 2.38. The van der Waals surface area contributed by atoms with Gasteiger partial charge in [0.2, 0.25) is 0 Å². The Morgan fingerprint density at radius 2 is 2.50 bits per heavy atom. The van der Waals surface area contributed by atoms with Gasteiger partial charge in [-0.1, -0.05) is 0 Å². The van der Waals surface area contributed by atoms with E-state index >= 15 is 0 Å². The minimum atomic E-state index is 0.0145. The van der Waals surface area contributed by atoms with E-state index in [1.54, 1.807) is 10.8 Å². The van der Waals surface area contributed by atoms with E-state index < -0.39 is 0 Å². The van der Waals surface area contributed by atoms with Crippen molar-refractivity contribution in [3.05, 3.63) is 18.2 Å². The van der Waals surface area contributed by atoms with Crippen molar-refractivity contribution in [1.29, 1.82) is 0 Å². The summed E-state index contributed by atoms with van der Waals surface area (Å²) < 4.78 is 1.72. The number of nitrogens with zero attached hydrogens (tertiary/aromatic N) is 3. The second kappa shape index (κ2) is 3.80. The quantitative estimate of drug-likeness (QED) is 0.625. The van der Waals surface area contributed by atoms with Crippen LogP contribution in [0.2, 0.25) is 0 Å². The molecule has 0 saturated carbocycles. The number of carbonyl (C=O) groups excluding carboxylic acids is 1. The van der Waals surface area contributed by atoms with E-state index in [1.807, 2.05) is 6.92 Å². The van der Waals surface area contributed by atoms with Gasteiger partial charge in [-0.25, -0.2) is 9.67 Å². The summed E-state index contributed by atoms with van der Waals surface area (Å²) >= 11 is 0. The molecule has 0 aromatic carbocycles. The van der Waals surface area contributed by atoms with E-state index in [9.17, 15) is 4.79 Å². The lowest BCUT2D eigenvalue weighted by atomic mass is 10.4. The molecule has 0 spiro atoms. The molecule has 0 unspecified atom stereocenters. The maximum Gasteiger partial charge on any atom is 0.152 e. The molecule has 0 fully saturated rings. The summed E-state index contributed by atoms with van der Waals surface area (Å²) in [5.41, 5.74) is 0. The molecule has 0 radical (unpaired) electrons. The SMILES string of the molecule is CCn1ncnc1/C=C/C(C)=O. The zero-order valence-corrected chi connectivity index (χ0v) is 7.19. The van der Waals surface area contributed by atoms with Crippen LogP contribution in [-0.4, -0.2) is 20.5 Å². The Morgan fingerprint density at radius 3 is 3.08 bits per heavy atom. The highest BCUT2D eigenvalue weighted by Crippen LogP contribution is 1.96. The van der Waals surface area contributed by atoms with Crippen molar-refractivity contribution in [2.24, 2.45) is 0 Å². The summed E-state index contributed by atoms with van der Waals surface area (Å²) in [6, 6.07) is 0. The Morgan fingerprint density at radius 1 is 1.75 bits per heavy atom. The zero-order chi connectivity index (χ0) is 8.97. The number of carbonyl (C=O) groups is 1. The highest BCUT2D eigenvalue weighted by atomic mass is 16.1. The van der Waals surface area contributed by atoms with Crippen molar-refractivity contribution in [3.8, 4) is 0 Å². The monoisotopic (exact) mass is 165 g/mol. The molecule has 0 bridgehead atoms. The van der Waals surface area contributed by atoms with Crippen LogP contribution in [0.1, 0.15) is 19.7 Å². The maximum atomic E-state index is 10.6. The Labute approximate surface area is 70.9 Å². The lowest BCUT2D eigenvalue weighted by molar-refractivity contribution is -0.112. The van der Waals surface area contributed by atoms with Gasteiger partial charge in [0.25, 0.3) is 0 Å². The average molecular weight is 165 g/mol. The highest BCUT2D eigenvalue weighted by Gasteiger charge is 1.96. The first-order chi connectivity index (χ1) is 5.74. The number of ketones is 1. The summed E-state index contributed by atoms with van der Waals surface area (Å²) in [6.45, 7) is 4.24. The van der Waals surface area contributed by atoms with Crippen LogP contribution in [0, 0.1) is 0 Å². The van der Waals surface area contributed by atoms with E-state index in [2.05, 4.69) is 10.1 Å². The maximum absolute atomic E-state index is 10.6. The molecule has 1 heterocycles. The highest BCUT2D eigenvalue weighted by molar-refractivity contribution is 5.90. The van der Waals surface area contributed by atoms with E-state index in [1.165, 1.54) is 19.3 Å². The van der Waals surface area contributed by atoms with Gasteiger partial charge in [-0.15, -0.1) is 0 Å². The summed E-state index contributed by atoms with van der Waals surface area (Å²) in [6.07, 6.45) is 4.62. The topological polar surface area (TPSA) is 47.8 Å². The third-order valence-corrected chi connectivity index (χ3v) is 1.41. The smallest absolute Gasteiger partial charge is 0.152 e. The van der Waals surface area contributed by atoms with Crippen molar-refractivity contribution in [1.82, 2.24) is 14.8 Å². The van der Waals surface area contributed by atoms with Crippen LogP contribution in [-0.2, 0) is 11.3 Å². The number of aryl methyl sites for hydroxylation is 1. The van der Waals surface area contributed by atoms with Crippen LogP contribution < -0.4 is 0 Å². The van der Waals surface area contributed by atoms with Crippen LogP contribution in [0.15, 0.2) is 12.4 Å². The van der Waals surface area contributed by atoms with E-state index in [0.29, 0.717) is 5.82 Å². The predicted molar refractivity (Wildman–Crippen MR) is 45.4 cm³/mol. The van der Waals surface area contributed by atoms with Gasteiger partial charge in [0.05, 0.1) is 0 Å². The molecular weight excluding hydrogens is 154 g/mol. The van der Waals surface area contributed by atoms with Crippen molar-refractivity contribution >= 4 is 11.9 Å². The van der Waals surface area contributed by atoms with Gasteiger partial charge in [0, 0.05) is 6.54 Å². The molecule has 12 heavy (non-hydrogen) atoms. The Bertz CT molecular complexity index is 301. The van der Waals surface area contributed by atoms with Crippen molar-refractivity contribution < 1.29 is 4.79 Å². The van der Waals surface area contributed by atoms with E-state index in [-0.39, 0.29) is 5.78 Å². The van der Waals surface area contributed by atoms with Gasteiger partial charge >= 0.3 is 0 Å². The summed E-state index contributed by atoms with van der Waals surface area (Å²) in [5.74, 6) is 0.730. The summed E-state index contributed by atoms with van der Waals surface area (Å²) in [7, 11) is 0. The fraction of sp³-hybridized carbons (Fsp3) is 0.375. The fourth-order valence-corrected chi connectivity index (χ4v) is 0.838. The van der Waals surface area contributed by atoms with Crippen molar-refractivity contribution in [3.63, 3.8) is 0 Å². The molecule has 1 aromatic heterocycles. The van der Waals surface area contributed by atoms with E-state index in [0.717, 1.165) is 6.54 Å². The van der Waals surface area contributed by atoms with Gasteiger partial charge in [-0.05, 0) is 26.0 Å². The van der Waals surface area contributed by atoms with Crippen LogP contribution in [0.5, 0.6) is 0 Å². The molecule has 0 amide bonds. The standard InChI is InChI=1S/C8H11N3O/c1-3-11-8(9-6-10-11)5-4-7(2)12/h4-6H,3H2,1-2H3/b5-4+. The van der Waals surface area contributed by atoms with Crippen LogP contribution >= 0.6 is 0 Å². The van der Waals surface area contributed by atoms with Gasteiger partial charge in [-0.2, -0.15) is 5.10 Å². The molecule has 1 rings (SSSR count). The van der Waals surface area contributed by atoms with Crippen LogP contribution in [0.4, 0.5) is 0 Å². The molecule has 1 aromatic rings. The molecule has 64 valence electrons. The molecular formula is C8H11N3O. The number of allylic oxidation sites excluding steroid dienone is 1. The molecule has 0 aliphatic rings. The van der Waals surface area contributed by atoms with Gasteiger partial charge in [0.1, 0.15) is 6.33 Å². The summed E-state index contributed by atoms with van der Waals surface area (Å²) in [4.78, 5) is 14.6. The zero-order valence-electron chi connectivity index (χ0n) is 7.19. The van der Waals surface area contributed by atoms with Crippen molar-refractivity contribution in [2.45, 2.75) is 20.4 Å². The van der Waals surface area contributed by atoms with Gasteiger partial charge in [-0.3, -0.25) is 4.79 Å². The molecule has 0 saturated heterocycles. The average Bonchev–Trinajstić information content (AvgIpc) is 2.47. The minimum absolute atomic E-state index is 0.0145. The summed E-state index contributed by atoms with van der Waals surface area (Å²) in [5, 5.41) is 3.96. The van der Waals surface area contributed by atoms with Crippen molar-refractivity contribution in [2.75, 3.05) is 0 Å². The molecule has 0 N–H and O–H groups in total. The molecule has 0 aliphatic heterocycles. The normalized spacial score (nSPS) is 10.8. The Balaban J connectivity index is 2.81. The third-order valence-electron chi connectivity index (χ3n) is 1.41. The first-order valence-corrected chi connectivity index (χ1v) is 3.80. The molecule has 0 atom stereocenters. The molecule has 0 aliphatic carbocycles. The molecule has 4 heteroatoms. The Kier molecular flexibility index (Phi) is 2.74. The number of rotatable bonds is 3. The lowest BCUT2D eigenvalue weighted by Crippen LogP contribution is -1.99. The fourth-order valence-electron chi connectivity index (χ4n) is 0.838. The predicted octanol–water partition coefficient (Wildman–Crippen LogP) is 0.900. The number of aromatic nitrogens is 3. The number of hydrogen-bond donors (Lipinski definition) is 0. The third kappa shape index (κ3) is 2.02. The van der Waals surface area contributed by atoms with E-state index in [4.69, 9.17) is 0 Å². The second-order valence-corrected chi connectivity index (χ2v) is 2.38. The molecule has 4 nitrogen and oxygen atoms in total. The van der Waals surface area contributed by atoms with Crippen LogP contribution in [0.25, 0.3) is 6.08 Å².